The maximum atomic E-state index is 12.1. The van der Waals surface area contributed by atoms with Gasteiger partial charge in [0, 0.05) is 6.54 Å². The summed E-state index contributed by atoms with van der Waals surface area (Å²) < 4.78 is 0. The zero-order chi connectivity index (χ0) is 13.8. The Balaban J connectivity index is 1.99. The minimum atomic E-state index is -0.931. The lowest BCUT2D eigenvalue weighted by Gasteiger charge is -2.24. The van der Waals surface area contributed by atoms with Crippen LogP contribution >= 0.6 is 0 Å². The highest BCUT2D eigenvalue weighted by Crippen LogP contribution is 2.19. The van der Waals surface area contributed by atoms with Gasteiger partial charge in [-0.15, -0.1) is 0 Å². The molecule has 1 saturated heterocycles. The predicted molar refractivity (Wildman–Crippen MR) is 70.8 cm³/mol. The number of hydrogen-bond donors (Lipinski definition) is 2. The molecular formula is C14H18N2O3. The summed E-state index contributed by atoms with van der Waals surface area (Å²) in [7, 11) is 0. The number of amides is 2. The molecule has 2 atom stereocenters. The number of nitrogens with one attached hydrogen (secondary N) is 1. The van der Waals surface area contributed by atoms with Crippen molar-refractivity contribution < 1.29 is 14.7 Å². The van der Waals surface area contributed by atoms with E-state index in [-0.39, 0.29) is 12.1 Å². The lowest BCUT2D eigenvalue weighted by atomic mass is 10.1. The van der Waals surface area contributed by atoms with E-state index in [1.807, 2.05) is 37.3 Å². The van der Waals surface area contributed by atoms with Crippen LogP contribution in [0.5, 0.6) is 0 Å². The summed E-state index contributed by atoms with van der Waals surface area (Å²) in [5.41, 5.74) is 1.00. The Kier molecular flexibility index (Phi) is 4.04. The standard InChI is InChI=1S/C14H18N2O3/c1-10(11-6-3-2-4-7-11)15-14(19)16-9-5-8-12(16)13(17)18/h2-4,6-7,10,12H,5,8-9H2,1H3,(H,15,19)(H,17,18)/t10-,12?/m1/s1. The SMILES string of the molecule is C[C@@H](NC(=O)N1CCCC1C(=O)O)c1ccccc1. The van der Waals surface area contributed by atoms with Crippen molar-refractivity contribution in [2.24, 2.45) is 0 Å². The topological polar surface area (TPSA) is 69.6 Å². The fourth-order valence-electron chi connectivity index (χ4n) is 2.36. The summed E-state index contributed by atoms with van der Waals surface area (Å²) >= 11 is 0. The van der Waals surface area contributed by atoms with Crippen molar-refractivity contribution in [3.8, 4) is 0 Å². The molecule has 1 aliphatic rings. The zero-order valence-electron chi connectivity index (χ0n) is 10.9. The van der Waals surface area contributed by atoms with Crippen molar-refractivity contribution in [2.75, 3.05) is 6.54 Å². The Morgan fingerprint density at radius 2 is 2.05 bits per heavy atom. The maximum absolute atomic E-state index is 12.1. The molecule has 0 aliphatic carbocycles. The number of carbonyl (C=O) groups is 2. The van der Waals surface area contributed by atoms with Gasteiger partial charge in [-0.2, -0.15) is 0 Å². The van der Waals surface area contributed by atoms with E-state index in [0.717, 1.165) is 12.0 Å². The first-order valence-electron chi connectivity index (χ1n) is 6.44. The van der Waals surface area contributed by atoms with Gasteiger partial charge in [0.1, 0.15) is 6.04 Å². The fraction of sp³-hybridized carbons (Fsp3) is 0.429. The molecule has 1 aromatic rings. The van der Waals surface area contributed by atoms with E-state index in [2.05, 4.69) is 5.32 Å². The van der Waals surface area contributed by atoms with Gasteiger partial charge >= 0.3 is 12.0 Å². The molecule has 2 amide bonds. The van der Waals surface area contributed by atoms with Gasteiger partial charge in [-0.3, -0.25) is 0 Å². The predicted octanol–water partition coefficient (Wildman–Crippen LogP) is 2.01. The molecule has 19 heavy (non-hydrogen) atoms. The molecule has 2 N–H and O–H groups in total. The second-order valence-electron chi connectivity index (χ2n) is 4.77. The molecule has 1 heterocycles. The quantitative estimate of drug-likeness (QED) is 0.875. The monoisotopic (exact) mass is 262 g/mol. The van der Waals surface area contributed by atoms with Gasteiger partial charge in [-0.05, 0) is 25.3 Å². The molecule has 1 unspecified atom stereocenters. The van der Waals surface area contributed by atoms with Gasteiger partial charge in [0.05, 0.1) is 6.04 Å². The van der Waals surface area contributed by atoms with Gasteiger partial charge in [-0.1, -0.05) is 30.3 Å². The van der Waals surface area contributed by atoms with Crippen molar-refractivity contribution in [1.29, 1.82) is 0 Å². The summed E-state index contributed by atoms with van der Waals surface area (Å²) in [6.07, 6.45) is 1.27. The highest BCUT2D eigenvalue weighted by molar-refractivity contribution is 5.83. The van der Waals surface area contributed by atoms with Crippen LogP contribution in [0.3, 0.4) is 0 Å². The number of nitrogens with zero attached hydrogens (tertiary/aromatic N) is 1. The van der Waals surface area contributed by atoms with Gasteiger partial charge in [0.25, 0.3) is 0 Å². The van der Waals surface area contributed by atoms with Crippen LogP contribution in [0.25, 0.3) is 0 Å². The number of hydrogen-bond acceptors (Lipinski definition) is 2. The molecule has 2 rings (SSSR count). The number of aliphatic carboxylic acids is 1. The van der Waals surface area contributed by atoms with E-state index in [9.17, 15) is 9.59 Å². The van der Waals surface area contributed by atoms with Crippen LogP contribution in [0.4, 0.5) is 4.79 Å². The number of rotatable bonds is 3. The summed E-state index contributed by atoms with van der Waals surface area (Å²) in [6.45, 7) is 2.39. The summed E-state index contributed by atoms with van der Waals surface area (Å²) in [5, 5.41) is 11.9. The van der Waals surface area contributed by atoms with Crippen molar-refractivity contribution in [1.82, 2.24) is 10.2 Å². The number of likely N-dealkylation sites (tertiary alicyclic amines) is 1. The third-order valence-corrected chi connectivity index (χ3v) is 3.44. The number of carbonyl (C=O) groups excluding carboxylic acids is 1. The van der Waals surface area contributed by atoms with E-state index >= 15 is 0 Å². The van der Waals surface area contributed by atoms with E-state index < -0.39 is 12.0 Å². The first-order valence-corrected chi connectivity index (χ1v) is 6.44. The molecule has 0 bridgehead atoms. The molecule has 1 fully saturated rings. The average molecular weight is 262 g/mol. The molecule has 1 aliphatic heterocycles. The van der Waals surface area contributed by atoms with Crippen LogP contribution in [0.1, 0.15) is 31.4 Å². The smallest absolute Gasteiger partial charge is 0.326 e. The van der Waals surface area contributed by atoms with Crippen LogP contribution in [0, 0.1) is 0 Å². The Morgan fingerprint density at radius 3 is 2.68 bits per heavy atom. The lowest BCUT2D eigenvalue weighted by molar-refractivity contribution is -0.141. The average Bonchev–Trinajstić information content (AvgIpc) is 2.89. The first kappa shape index (κ1) is 13.4. The first-order chi connectivity index (χ1) is 9.09. The number of carboxylic acid groups (broad SMARTS) is 1. The minimum Gasteiger partial charge on any atom is -0.480 e. The maximum Gasteiger partial charge on any atom is 0.326 e. The van der Waals surface area contributed by atoms with Gasteiger partial charge in [0.2, 0.25) is 0 Å². The third kappa shape index (κ3) is 3.05. The third-order valence-electron chi connectivity index (χ3n) is 3.44. The van der Waals surface area contributed by atoms with Gasteiger partial charge < -0.3 is 15.3 Å². The summed E-state index contributed by atoms with van der Waals surface area (Å²) in [5.74, 6) is -0.931. The molecule has 5 nitrogen and oxygen atoms in total. The highest BCUT2D eigenvalue weighted by Gasteiger charge is 2.34. The Morgan fingerprint density at radius 1 is 1.37 bits per heavy atom. The molecule has 5 heteroatoms. The summed E-state index contributed by atoms with van der Waals surface area (Å²) in [6, 6.07) is 8.47. The fourth-order valence-corrected chi connectivity index (χ4v) is 2.36. The van der Waals surface area contributed by atoms with Crippen LogP contribution < -0.4 is 5.32 Å². The van der Waals surface area contributed by atoms with Crippen LogP contribution in [0.15, 0.2) is 30.3 Å². The lowest BCUT2D eigenvalue weighted by Crippen LogP contribution is -2.46. The summed E-state index contributed by atoms with van der Waals surface area (Å²) in [4.78, 5) is 24.6. The zero-order valence-corrected chi connectivity index (χ0v) is 10.9. The largest absolute Gasteiger partial charge is 0.480 e. The molecular weight excluding hydrogens is 244 g/mol. The van der Waals surface area contributed by atoms with Crippen LogP contribution in [0.2, 0.25) is 0 Å². The minimum absolute atomic E-state index is 0.135. The molecule has 0 aromatic heterocycles. The Bertz CT molecular complexity index is 461. The molecule has 0 spiro atoms. The number of carboxylic acids is 1. The van der Waals surface area contributed by atoms with Crippen LogP contribution in [-0.4, -0.2) is 34.6 Å². The van der Waals surface area contributed by atoms with Crippen molar-refractivity contribution >= 4 is 12.0 Å². The molecule has 0 saturated carbocycles. The molecule has 1 aromatic carbocycles. The van der Waals surface area contributed by atoms with Gasteiger partial charge in [-0.25, -0.2) is 9.59 Å². The molecule has 102 valence electrons. The molecule has 0 radical (unpaired) electrons. The van der Waals surface area contributed by atoms with E-state index in [0.29, 0.717) is 13.0 Å². The Labute approximate surface area is 112 Å². The normalized spacial score (nSPS) is 20.1. The highest BCUT2D eigenvalue weighted by atomic mass is 16.4. The second kappa shape index (κ2) is 5.73. The van der Waals surface area contributed by atoms with E-state index in [1.54, 1.807) is 0 Å². The van der Waals surface area contributed by atoms with E-state index in [4.69, 9.17) is 5.11 Å². The van der Waals surface area contributed by atoms with Gasteiger partial charge in [0.15, 0.2) is 0 Å². The second-order valence-corrected chi connectivity index (χ2v) is 4.77. The van der Waals surface area contributed by atoms with Crippen molar-refractivity contribution in [3.63, 3.8) is 0 Å². The van der Waals surface area contributed by atoms with Crippen molar-refractivity contribution in [3.05, 3.63) is 35.9 Å². The van der Waals surface area contributed by atoms with Crippen molar-refractivity contribution in [2.45, 2.75) is 31.8 Å². The Hall–Kier alpha value is -2.04. The van der Waals surface area contributed by atoms with E-state index in [1.165, 1.54) is 4.90 Å². The van der Waals surface area contributed by atoms with Crippen LogP contribution in [-0.2, 0) is 4.79 Å². The number of benzene rings is 1. The number of urea groups is 1.